The molecule has 3 nitrogen and oxygen atoms in total. The van der Waals surface area contributed by atoms with Crippen LogP contribution in [0.4, 0.5) is 10.2 Å². The summed E-state index contributed by atoms with van der Waals surface area (Å²) >= 11 is 5.86. The lowest BCUT2D eigenvalue weighted by molar-refractivity contribution is 0.622. The van der Waals surface area contributed by atoms with E-state index in [1.165, 1.54) is 18.3 Å². The van der Waals surface area contributed by atoms with Crippen LogP contribution in [0.3, 0.4) is 0 Å². The molecule has 0 saturated carbocycles. The average Bonchev–Trinajstić information content (AvgIpc) is 2.32. The number of rotatable bonds is 3. The number of hydrogen-bond acceptors (Lipinski definition) is 3. The van der Waals surface area contributed by atoms with E-state index in [2.05, 4.69) is 4.98 Å². The molecule has 2 aromatic rings. The normalized spacial score (nSPS) is 12.4. The second kappa shape index (κ2) is 5.33. The molecule has 0 aliphatic heterocycles. The van der Waals surface area contributed by atoms with E-state index in [0.717, 1.165) is 5.56 Å². The Hall–Kier alpha value is -1.65. The van der Waals surface area contributed by atoms with Gasteiger partial charge in [-0.05, 0) is 30.2 Å². The van der Waals surface area contributed by atoms with Gasteiger partial charge in [0, 0.05) is 17.8 Å². The van der Waals surface area contributed by atoms with Crippen LogP contribution in [0.2, 0.25) is 5.02 Å². The van der Waals surface area contributed by atoms with E-state index in [-0.39, 0.29) is 11.9 Å². The van der Waals surface area contributed by atoms with Crippen molar-refractivity contribution >= 4 is 17.4 Å². The zero-order valence-corrected chi connectivity index (χ0v) is 10.4. The monoisotopic (exact) mass is 265 g/mol. The molecule has 5 heteroatoms. The van der Waals surface area contributed by atoms with E-state index < -0.39 is 0 Å². The highest BCUT2D eigenvalue weighted by atomic mass is 35.5. The third-order valence-corrected chi connectivity index (χ3v) is 2.87. The molecule has 0 spiro atoms. The van der Waals surface area contributed by atoms with E-state index in [4.69, 9.17) is 23.1 Å². The molecule has 1 heterocycles. The van der Waals surface area contributed by atoms with E-state index in [1.54, 1.807) is 12.1 Å². The third kappa shape index (κ3) is 2.97. The fraction of sp³-hybridized carbons (Fsp3) is 0.154. The predicted molar refractivity (Wildman–Crippen MR) is 70.7 cm³/mol. The lowest BCUT2D eigenvalue weighted by Gasteiger charge is -2.14. The maximum atomic E-state index is 13.1. The lowest BCUT2D eigenvalue weighted by atomic mass is 10.0. The average molecular weight is 266 g/mol. The molecule has 1 unspecified atom stereocenters. The maximum absolute atomic E-state index is 13.1. The first-order chi connectivity index (χ1) is 8.56. The summed E-state index contributed by atoms with van der Waals surface area (Å²) in [5.41, 5.74) is 13.3. The summed E-state index contributed by atoms with van der Waals surface area (Å²) in [6, 6.07) is 7.64. The molecule has 0 amide bonds. The van der Waals surface area contributed by atoms with Crippen LogP contribution in [0.25, 0.3) is 0 Å². The van der Waals surface area contributed by atoms with Crippen LogP contribution in [-0.2, 0) is 6.42 Å². The smallest absolute Gasteiger partial charge is 0.128 e. The van der Waals surface area contributed by atoms with Gasteiger partial charge in [-0.1, -0.05) is 23.7 Å². The minimum absolute atomic E-state index is 0.281. The van der Waals surface area contributed by atoms with Gasteiger partial charge < -0.3 is 11.5 Å². The molecule has 0 bridgehead atoms. The molecule has 0 aliphatic rings. The molecule has 0 aliphatic carbocycles. The second-order valence-corrected chi connectivity index (χ2v) is 4.50. The standard InChI is InChI=1S/C13H13ClFN3/c14-9-6-11(13(17)18-7-9)12(16)5-8-2-1-3-10(15)4-8/h1-4,6-7,12H,5,16H2,(H2,17,18). The van der Waals surface area contributed by atoms with Crippen molar-refractivity contribution in [1.29, 1.82) is 0 Å². The summed E-state index contributed by atoms with van der Waals surface area (Å²) in [5.74, 6) is 0.0696. The predicted octanol–water partition coefficient (Wildman–Crippen LogP) is 2.70. The van der Waals surface area contributed by atoms with Gasteiger partial charge in [0.25, 0.3) is 0 Å². The molecular formula is C13H13ClFN3. The highest BCUT2D eigenvalue weighted by molar-refractivity contribution is 6.30. The van der Waals surface area contributed by atoms with E-state index in [0.29, 0.717) is 22.8 Å². The Morgan fingerprint density at radius 1 is 1.33 bits per heavy atom. The Morgan fingerprint density at radius 3 is 2.83 bits per heavy atom. The van der Waals surface area contributed by atoms with Crippen molar-refractivity contribution in [2.45, 2.75) is 12.5 Å². The van der Waals surface area contributed by atoms with Crippen LogP contribution in [-0.4, -0.2) is 4.98 Å². The van der Waals surface area contributed by atoms with Gasteiger partial charge in [0.15, 0.2) is 0 Å². The summed E-state index contributed by atoms with van der Waals surface area (Å²) in [4.78, 5) is 3.95. The molecule has 2 rings (SSSR count). The summed E-state index contributed by atoms with van der Waals surface area (Å²) in [6.45, 7) is 0. The number of nitrogen functional groups attached to an aromatic ring is 1. The molecule has 0 saturated heterocycles. The van der Waals surface area contributed by atoms with Crippen molar-refractivity contribution in [2.75, 3.05) is 5.73 Å². The van der Waals surface area contributed by atoms with Crippen LogP contribution in [0.1, 0.15) is 17.2 Å². The Bertz CT molecular complexity index is 560. The molecule has 18 heavy (non-hydrogen) atoms. The fourth-order valence-corrected chi connectivity index (χ4v) is 1.96. The van der Waals surface area contributed by atoms with Crippen molar-refractivity contribution in [2.24, 2.45) is 5.73 Å². The Morgan fingerprint density at radius 2 is 2.11 bits per heavy atom. The summed E-state index contributed by atoms with van der Waals surface area (Å²) in [5, 5.41) is 0.480. The van der Waals surface area contributed by atoms with Gasteiger partial charge in [0.1, 0.15) is 11.6 Å². The number of anilines is 1. The Balaban J connectivity index is 2.21. The molecule has 0 radical (unpaired) electrons. The highest BCUT2D eigenvalue weighted by Gasteiger charge is 2.12. The quantitative estimate of drug-likeness (QED) is 0.897. The van der Waals surface area contributed by atoms with Crippen LogP contribution in [0, 0.1) is 5.82 Å². The zero-order chi connectivity index (χ0) is 13.1. The van der Waals surface area contributed by atoms with Gasteiger partial charge in [-0.25, -0.2) is 9.37 Å². The molecule has 94 valence electrons. The largest absolute Gasteiger partial charge is 0.383 e. The van der Waals surface area contributed by atoms with Gasteiger partial charge in [0.2, 0.25) is 0 Å². The van der Waals surface area contributed by atoms with Crippen LogP contribution in [0.5, 0.6) is 0 Å². The van der Waals surface area contributed by atoms with Crippen molar-refractivity contribution in [3.05, 3.63) is 58.5 Å². The SMILES string of the molecule is Nc1ncc(Cl)cc1C(N)Cc1cccc(F)c1. The van der Waals surface area contributed by atoms with Crippen LogP contribution >= 0.6 is 11.6 Å². The first-order valence-corrected chi connectivity index (χ1v) is 5.85. The molecule has 1 atom stereocenters. The van der Waals surface area contributed by atoms with Crippen molar-refractivity contribution in [3.63, 3.8) is 0 Å². The lowest BCUT2D eigenvalue weighted by Crippen LogP contribution is -2.16. The maximum Gasteiger partial charge on any atom is 0.128 e. The topological polar surface area (TPSA) is 64.9 Å². The van der Waals surface area contributed by atoms with E-state index in [1.807, 2.05) is 6.07 Å². The van der Waals surface area contributed by atoms with Gasteiger partial charge in [0.05, 0.1) is 5.02 Å². The van der Waals surface area contributed by atoms with Gasteiger partial charge >= 0.3 is 0 Å². The molecular weight excluding hydrogens is 253 g/mol. The Labute approximate surface area is 110 Å². The van der Waals surface area contributed by atoms with Gasteiger partial charge in [-0.2, -0.15) is 0 Å². The number of benzene rings is 1. The summed E-state index contributed by atoms with van der Waals surface area (Å²) in [7, 11) is 0. The Kier molecular flexibility index (Phi) is 3.79. The van der Waals surface area contributed by atoms with Gasteiger partial charge in [-0.15, -0.1) is 0 Å². The van der Waals surface area contributed by atoms with Crippen molar-refractivity contribution in [1.82, 2.24) is 4.98 Å². The van der Waals surface area contributed by atoms with Crippen LogP contribution in [0.15, 0.2) is 36.5 Å². The second-order valence-electron chi connectivity index (χ2n) is 4.07. The summed E-state index contributed by atoms with van der Waals surface area (Å²) < 4.78 is 13.1. The molecule has 1 aromatic heterocycles. The minimum atomic E-state index is -0.363. The fourth-order valence-electron chi connectivity index (χ4n) is 1.79. The molecule has 0 fully saturated rings. The van der Waals surface area contributed by atoms with Crippen LogP contribution < -0.4 is 11.5 Å². The first-order valence-electron chi connectivity index (χ1n) is 5.47. The van der Waals surface area contributed by atoms with E-state index in [9.17, 15) is 4.39 Å². The minimum Gasteiger partial charge on any atom is -0.383 e. The van der Waals surface area contributed by atoms with E-state index >= 15 is 0 Å². The first kappa shape index (κ1) is 12.8. The number of pyridine rings is 1. The van der Waals surface area contributed by atoms with Crippen molar-refractivity contribution < 1.29 is 4.39 Å². The molecule has 4 N–H and O–H groups in total. The highest BCUT2D eigenvalue weighted by Crippen LogP contribution is 2.23. The van der Waals surface area contributed by atoms with Crippen molar-refractivity contribution in [3.8, 4) is 0 Å². The number of aromatic nitrogens is 1. The third-order valence-electron chi connectivity index (χ3n) is 2.66. The van der Waals surface area contributed by atoms with Gasteiger partial charge in [-0.3, -0.25) is 0 Å². The molecule has 1 aromatic carbocycles. The number of nitrogens with zero attached hydrogens (tertiary/aromatic N) is 1. The zero-order valence-electron chi connectivity index (χ0n) is 9.61. The number of halogens is 2. The number of hydrogen-bond donors (Lipinski definition) is 2. The number of nitrogens with two attached hydrogens (primary N) is 2. The summed E-state index contributed by atoms with van der Waals surface area (Å²) in [6.07, 6.45) is 1.94.